The molecule has 1 aliphatic heterocycles. The van der Waals surface area contributed by atoms with Gasteiger partial charge in [0.2, 0.25) is 0 Å². The highest BCUT2D eigenvalue weighted by Gasteiger charge is 2.36. The van der Waals surface area contributed by atoms with Crippen LogP contribution in [0.4, 0.5) is 0 Å². The van der Waals surface area contributed by atoms with E-state index < -0.39 is 5.97 Å². The third kappa shape index (κ3) is 2.02. The number of benzene rings is 1. The van der Waals surface area contributed by atoms with Crippen LogP contribution in [0.15, 0.2) is 12.1 Å². The Morgan fingerprint density at radius 1 is 1.24 bits per heavy atom. The Balaban J connectivity index is 1.75. The van der Waals surface area contributed by atoms with Crippen molar-refractivity contribution >= 4 is 17.0 Å². The van der Waals surface area contributed by atoms with Gasteiger partial charge in [-0.2, -0.15) is 0 Å². The van der Waals surface area contributed by atoms with Crippen molar-refractivity contribution in [1.82, 2.24) is 9.97 Å². The number of H-pyrrole nitrogens is 1. The molecule has 4 rings (SSSR count). The average molecular weight is 288 g/mol. The van der Waals surface area contributed by atoms with Gasteiger partial charge in [-0.25, -0.2) is 4.98 Å². The van der Waals surface area contributed by atoms with Crippen LogP contribution < -0.4 is 9.47 Å². The molecule has 21 heavy (non-hydrogen) atoms. The monoisotopic (exact) mass is 288 g/mol. The maximum Gasteiger partial charge on any atom is 0.307 e. The fraction of sp³-hybridized carbons (Fsp3) is 0.467. The van der Waals surface area contributed by atoms with Crippen LogP contribution in [0.3, 0.4) is 0 Å². The number of hydrogen-bond donors (Lipinski definition) is 2. The molecule has 0 radical (unpaired) electrons. The molecule has 0 amide bonds. The van der Waals surface area contributed by atoms with Crippen molar-refractivity contribution in [2.75, 3.05) is 13.2 Å². The van der Waals surface area contributed by atoms with Gasteiger partial charge in [0.1, 0.15) is 19.0 Å². The van der Waals surface area contributed by atoms with Crippen LogP contribution >= 0.6 is 0 Å². The molecule has 2 heterocycles. The second-order valence-corrected chi connectivity index (χ2v) is 5.62. The van der Waals surface area contributed by atoms with Gasteiger partial charge in [-0.3, -0.25) is 4.79 Å². The van der Waals surface area contributed by atoms with E-state index in [-0.39, 0.29) is 11.8 Å². The number of nitrogens with one attached hydrogen (secondary N) is 1. The summed E-state index contributed by atoms with van der Waals surface area (Å²) < 4.78 is 11.1. The molecule has 1 aromatic heterocycles. The third-order valence-electron chi connectivity index (χ3n) is 4.35. The van der Waals surface area contributed by atoms with Crippen LogP contribution in [0.25, 0.3) is 11.0 Å². The number of hydrogen-bond acceptors (Lipinski definition) is 4. The van der Waals surface area contributed by atoms with Gasteiger partial charge in [0.25, 0.3) is 0 Å². The second-order valence-electron chi connectivity index (χ2n) is 5.62. The number of rotatable bonds is 2. The zero-order valence-electron chi connectivity index (χ0n) is 11.5. The van der Waals surface area contributed by atoms with E-state index in [1.807, 2.05) is 12.1 Å². The first-order valence-electron chi connectivity index (χ1n) is 7.24. The molecule has 2 N–H and O–H groups in total. The summed E-state index contributed by atoms with van der Waals surface area (Å²) in [5.74, 6) is 1.07. The molecule has 2 aromatic rings. The predicted octanol–water partition coefficient (Wildman–Crippen LogP) is 2.30. The van der Waals surface area contributed by atoms with Crippen LogP contribution in [-0.4, -0.2) is 34.3 Å². The van der Waals surface area contributed by atoms with Crippen LogP contribution in [0.5, 0.6) is 11.5 Å². The van der Waals surface area contributed by atoms with Crippen molar-refractivity contribution in [3.05, 3.63) is 18.0 Å². The van der Waals surface area contributed by atoms with Crippen molar-refractivity contribution in [3.63, 3.8) is 0 Å². The molecule has 1 aliphatic carbocycles. The first kappa shape index (κ1) is 12.5. The minimum Gasteiger partial charge on any atom is -0.486 e. The first-order valence-corrected chi connectivity index (χ1v) is 7.24. The van der Waals surface area contributed by atoms with E-state index in [2.05, 4.69) is 9.97 Å². The number of fused-ring (bicyclic) bond motifs is 2. The van der Waals surface area contributed by atoms with Crippen LogP contribution in [0, 0.1) is 5.92 Å². The summed E-state index contributed by atoms with van der Waals surface area (Å²) in [5, 5.41) is 9.31. The van der Waals surface area contributed by atoms with Crippen LogP contribution in [-0.2, 0) is 4.79 Å². The molecule has 0 bridgehead atoms. The highest BCUT2D eigenvalue weighted by molar-refractivity contribution is 5.80. The van der Waals surface area contributed by atoms with Crippen molar-refractivity contribution in [2.24, 2.45) is 5.92 Å². The van der Waals surface area contributed by atoms with Gasteiger partial charge in [0, 0.05) is 18.1 Å². The molecule has 2 atom stereocenters. The van der Waals surface area contributed by atoms with E-state index in [1.165, 1.54) is 0 Å². The largest absolute Gasteiger partial charge is 0.486 e. The van der Waals surface area contributed by atoms with Gasteiger partial charge in [-0.05, 0) is 12.8 Å². The number of aromatic amines is 1. The van der Waals surface area contributed by atoms with Gasteiger partial charge in [0.05, 0.1) is 17.0 Å². The molecule has 0 spiro atoms. The quantitative estimate of drug-likeness (QED) is 0.885. The summed E-state index contributed by atoms with van der Waals surface area (Å²) in [6.45, 7) is 1.09. The molecule has 1 aromatic carbocycles. The smallest absolute Gasteiger partial charge is 0.307 e. The van der Waals surface area contributed by atoms with Gasteiger partial charge in [-0.1, -0.05) is 6.42 Å². The van der Waals surface area contributed by atoms with Crippen molar-refractivity contribution in [2.45, 2.75) is 25.2 Å². The number of nitrogens with zero attached hydrogens (tertiary/aromatic N) is 1. The molecular formula is C15H16N2O4. The van der Waals surface area contributed by atoms with E-state index in [0.717, 1.165) is 36.1 Å². The minimum absolute atomic E-state index is 0.0336. The topological polar surface area (TPSA) is 84.4 Å². The summed E-state index contributed by atoms with van der Waals surface area (Å²) in [5.41, 5.74) is 1.66. The van der Waals surface area contributed by atoms with Gasteiger partial charge in [0.15, 0.2) is 11.5 Å². The lowest BCUT2D eigenvalue weighted by molar-refractivity contribution is -0.142. The highest BCUT2D eigenvalue weighted by Crippen LogP contribution is 2.40. The van der Waals surface area contributed by atoms with Crippen LogP contribution in [0.2, 0.25) is 0 Å². The van der Waals surface area contributed by atoms with Crippen molar-refractivity contribution < 1.29 is 19.4 Å². The van der Waals surface area contributed by atoms with E-state index in [9.17, 15) is 9.90 Å². The zero-order valence-corrected chi connectivity index (χ0v) is 11.5. The Hall–Kier alpha value is -2.24. The minimum atomic E-state index is -0.732. The molecule has 0 saturated heterocycles. The number of imidazole rings is 1. The third-order valence-corrected chi connectivity index (χ3v) is 4.35. The average Bonchev–Trinajstić information content (AvgIpc) is 3.10. The van der Waals surface area contributed by atoms with Crippen LogP contribution in [0.1, 0.15) is 31.0 Å². The SMILES string of the molecule is O=C(O)C1CCCC1c1nc2cc3c(cc2[nH]1)OCCO3. The predicted molar refractivity (Wildman–Crippen MR) is 74.8 cm³/mol. The lowest BCUT2D eigenvalue weighted by Gasteiger charge is -2.17. The van der Waals surface area contributed by atoms with E-state index in [0.29, 0.717) is 24.7 Å². The Morgan fingerprint density at radius 3 is 2.76 bits per heavy atom. The number of ether oxygens (including phenoxy) is 2. The van der Waals surface area contributed by atoms with E-state index in [4.69, 9.17) is 9.47 Å². The fourth-order valence-corrected chi connectivity index (χ4v) is 3.32. The molecule has 2 unspecified atom stereocenters. The summed E-state index contributed by atoms with van der Waals surface area (Å²) in [7, 11) is 0. The number of carbonyl (C=O) groups is 1. The van der Waals surface area contributed by atoms with Gasteiger partial charge in [-0.15, -0.1) is 0 Å². The maximum atomic E-state index is 11.3. The Bertz CT molecular complexity index is 666. The Kier molecular flexibility index (Phi) is 2.77. The summed E-state index contributed by atoms with van der Waals surface area (Å²) in [6.07, 6.45) is 2.52. The summed E-state index contributed by atoms with van der Waals surface area (Å²) in [6, 6.07) is 3.74. The number of aromatic nitrogens is 2. The second kappa shape index (κ2) is 4.65. The molecule has 1 saturated carbocycles. The first-order chi connectivity index (χ1) is 10.2. The number of carboxylic acids is 1. The fourth-order valence-electron chi connectivity index (χ4n) is 3.32. The molecular weight excluding hydrogens is 272 g/mol. The summed E-state index contributed by atoms with van der Waals surface area (Å²) >= 11 is 0. The number of aliphatic carboxylic acids is 1. The highest BCUT2D eigenvalue weighted by atomic mass is 16.6. The zero-order chi connectivity index (χ0) is 14.4. The van der Waals surface area contributed by atoms with Gasteiger partial charge >= 0.3 is 5.97 Å². The Labute approximate surface area is 121 Å². The van der Waals surface area contributed by atoms with E-state index >= 15 is 0 Å². The summed E-state index contributed by atoms with van der Waals surface area (Å²) in [4.78, 5) is 19.2. The Morgan fingerprint density at radius 2 is 2.00 bits per heavy atom. The molecule has 110 valence electrons. The van der Waals surface area contributed by atoms with E-state index in [1.54, 1.807) is 0 Å². The molecule has 1 fully saturated rings. The molecule has 6 heteroatoms. The number of carboxylic acid groups (broad SMARTS) is 1. The van der Waals surface area contributed by atoms with Crippen molar-refractivity contribution in [1.29, 1.82) is 0 Å². The molecule has 6 nitrogen and oxygen atoms in total. The van der Waals surface area contributed by atoms with Gasteiger partial charge < -0.3 is 19.6 Å². The normalized spacial score (nSPS) is 24.4. The maximum absolute atomic E-state index is 11.3. The molecule has 2 aliphatic rings. The lowest BCUT2D eigenvalue weighted by atomic mass is 9.96. The lowest BCUT2D eigenvalue weighted by Crippen LogP contribution is -2.17. The standard InChI is InChI=1S/C15H16N2O4/c18-15(19)9-3-1-2-8(9)14-16-10-6-12-13(7-11(10)17-14)21-5-4-20-12/h6-9H,1-5H2,(H,16,17)(H,18,19). The van der Waals surface area contributed by atoms with Crippen molar-refractivity contribution in [3.8, 4) is 11.5 Å².